The Kier molecular flexibility index (Phi) is 3.86. The summed E-state index contributed by atoms with van der Waals surface area (Å²) in [5.41, 5.74) is 4.94. The Hall–Kier alpha value is -2.87. The van der Waals surface area contributed by atoms with Gasteiger partial charge in [-0.15, -0.1) is 0 Å². The minimum absolute atomic E-state index is 0.203. The highest BCUT2D eigenvalue weighted by Gasteiger charge is 2.39. The molecule has 1 unspecified atom stereocenters. The maximum absolute atomic E-state index is 10.2. The van der Waals surface area contributed by atoms with Crippen LogP contribution in [0.1, 0.15) is 25.7 Å². The van der Waals surface area contributed by atoms with Gasteiger partial charge in [-0.2, -0.15) is 0 Å². The standard InChI is InChI=1S/C19H23N7O/c1-13-17(24-7-5-20-12-24)10-23-26(13)19-9-18(21-11-22-19)25-6-4-15(27)8-14-2-3-16(14)25/h5,7,9-12,14-16,23,27H,1-4,6,8H2/t14-,15-,16?/m0/s1. The molecule has 140 valence electrons. The molecule has 0 radical (unpaired) electrons. The van der Waals surface area contributed by atoms with Crippen molar-refractivity contribution < 1.29 is 5.11 Å². The molecule has 0 spiro atoms. The van der Waals surface area contributed by atoms with Crippen LogP contribution in [-0.2, 0) is 0 Å². The first kappa shape index (κ1) is 16.3. The summed E-state index contributed by atoms with van der Waals surface area (Å²) < 4.78 is 1.91. The Balaban J connectivity index is 1.39. The SMILES string of the molecule is C=C1C(n2ccnc2)=CNN1c1cc(N2CC[C@H](O)C[C@@H]3CCC32)ncn1. The summed E-state index contributed by atoms with van der Waals surface area (Å²) >= 11 is 0. The van der Waals surface area contributed by atoms with E-state index in [0.717, 1.165) is 48.8 Å². The Morgan fingerprint density at radius 2 is 2.07 bits per heavy atom. The van der Waals surface area contributed by atoms with Gasteiger partial charge in [0.15, 0.2) is 5.82 Å². The topological polar surface area (TPSA) is 82.3 Å². The molecule has 3 aliphatic rings. The van der Waals surface area contributed by atoms with E-state index >= 15 is 0 Å². The molecule has 4 heterocycles. The molecule has 0 aromatic carbocycles. The molecular formula is C19H23N7O. The molecular weight excluding hydrogens is 342 g/mol. The molecule has 8 heteroatoms. The molecule has 2 N–H and O–H groups in total. The highest BCUT2D eigenvalue weighted by atomic mass is 16.3. The lowest BCUT2D eigenvalue weighted by Gasteiger charge is -2.43. The van der Waals surface area contributed by atoms with Gasteiger partial charge in [0.25, 0.3) is 0 Å². The number of hydrogen-bond acceptors (Lipinski definition) is 7. The van der Waals surface area contributed by atoms with E-state index in [4.69, 9.17) is 0 Å². The van der Waals surface area contributed by atoms with E-state index in [1.165, 1.54) is 6.42 Å². The van der Waals surface area contributed by atoms with Gasteiger partial charge < -0.3 is 14.6 Å². The number of allylic oxidation sites excluding steroid dienone is 1. The number of aromatic nitrogens is 4. The normalized spacial score (nSPS) is 27.5. The first-order chi connectivity index (χ1) is 13.2. The van der Waals surface area contributed by atoms with Crippen molar-refractivity contribution in [2.45, 2.75) is 37.8 Å². The largest absolute Gasteiger partial charge is 0.393 e. The van der Waals surface area contributed by atoms with Crippen LogP contribution in [0.2, 0.25) is 0 Å². The highest BCUT2D eigenvalue weighted by Crippen LogP contribution is 2.40. The fourth-order valence-corrected chi connectivity index (χ4v) is 4.29. The van der Waals surface area contributed by atoms with Gasteiger partial charge in [0.1, 0.15) is 12.1 Å². The number of nitrogens with zero attached hydrogens (tertiary/aromatic N) is 6. The van der Waals surface area contributed by atoms with Gasteiger partial charge >= 0.3 is 0 Å². The second-order valence-corrected chi connectivity index (χ2v) is 7.42. The summed E-state index contributed by atoms with van der Waals surface area (Å²) in [5, 5.41) is 12.0. The lowest BCUT2D eigenvalue weighted by atomic mass is 9.76. The van der Waals surface area contributed by atoms with E-state index in [9.17, 15) is 5.11 Å². The summed E-state index contributed by atoms with van der Waals surface area (Å²) in [6, 6.07) is 2.47. The van der Waals surface area contributed by atoms with Crippen LogP contribution in [0.25, 0.3) is 5.70 Å². The van der Waals surface area contributed by atoms with Gasteiger partial charge in [0.2, 0.25) is 0 Å². The number of aliphatic hydroxyl groups excluding tert-OH is 1. The number of rotatable bonds is 3. The van der Waals surface area contributed by atoms with E-state index in [1.54, 1.807) is 18.9 Å². The average molecular weight is 365 g/mol. The van der Waals surface area contributed by atoms with Crippen molar-refractivity contribution in [3.8, 4) is 0 Å². The van der Waals surface area contributed by atoms with E-state index in [2.05, 4.69) is 31.9 Å². The lowest BCUT2D eigenvalue weighted by molar-refractivity contribution is 0.118. The Labute approximate surface area is 157 Å². The van der Waals surface area contributed by atoms with Crippen LogP contribution in [0.4, 0.5) is 11.6 Å². The van der Waals surface area contributed by atoms with Crippen molar-refractivity contribution >= 4 is 17.3 Å². The number of nitrogens with one attached hydrogen (secondary N) is 1. The van der Waals surface area contributed by atoms with E-state index < -0.39 is 0 Å². The number of imidazole rings is 1. The Morgan fingerprint density at radius 1 is 1.19 bits per heavy atom. The Morgan fingerprint density at radius 3 is 2.85 bits per heavy atom. The van der Waals surface area contributed by atoms with Gasteiger partial charge in [-0.05, 0) is 31.6 Å². The molecule has 1 aliphatic carbocycles. The molecule has 3 atom stereocenters. The molecule has 1 saturated heterocycles. The Bertz CT molecular complexity index is 878. The molecule has 0 amide bonds. The summed E-state index contributed by atoms with van der Waals surface area (Å²) in [7, 11) is 0. The van der Waals surface area contributed by atoms with Crippen LogP contribution in [0, 0.1) is 5.92 Å². The zero-order chi connectivity index (χ0) is 18.4. The third-order valence-electron chi connectivity index (χ3n) is 5.90. The molecule has 2 aromatic rings. The van der Waals surface area contributed by atoms with Crippen LogP contribution in [0.5, 0.6) is 0 Å². The predicted octanol–water partition coefficient (Wildman–Crippen LogP) is 1.75. The number of anilines is 2. The monoisotopic (exact) mass is 365 g/mol. The third kappa shape index (κ3) is 2.76. The molecule has 27 heavy (non-hydrogen) atoms. The lowest BCUT2D eigenvalue weighted by Crippen LogP contribution is -2.46. The van der Waals surface area contributed by atoms with Gasteiger partial charge in [0, 0.05) is 37.2 Å². The fourth-order valence-electron chi connectivity index (χ4n) is 4.29. The summed E-state index contributed by atoms with van der Waals surface area (Å²) in [6.07, 6.45) is 12.7. The number of hydrogen-bond donors (Lipinski definition) is 2. The second kappa shape index (κ2) is 6.38. The number of fused-ring (bicyclic) bond motifs is 1. The van der Waals surface area contributed by atoms with Crippen LogP contribution in [0.15, 0.2) is 49.6 Å². The number of hydrazine groups is 1. The first-order valence-electron chi connectivity index (χ1n) is 9.41. The van der Waals surface area contributed by atoms with Crippen LogP contribution < -0.4 is 15.3 Å². The van der Waals surface area contributed by atoms with Crippen molar-refractivity contribution in [1.29, 1.82) is 0 Å². The summed E-state index contributed by atoms with van der Waals surface area (Å²) in [5.74, 6) is 2.22. The molecule has 1 saturated carbocycles. The molecule has 2 fully saturated rings. The predicted molar refractivity (Wildman–Crippen MR) is 102 cm³/mol. The molecule has 8 nitrogen and oxygen atoms in total. The van der Waals surface area contributed by atoms with Gasteiger partial charge in [-0.1, -0.05) is 6.58 Å². The average Bonchev–Trinajstić information content (AvgIpc) is 3.29. The minimum Gasteiger partial charge on any atom is -0.393 e. The van der Waals surface area contributed by atoms with Crippen molar-refractivity contribution in [1.82, 2.24) is 24.9 Å². The zero-order valence-electron chi connectivity index (χ0n) is 15.1. The van der Waals surface area contributed by atoms with E-state index in [-0.39, 0.29) is 6.10 Å². The smallest absolute Gasteiger partial charge is 0.157 e. The molecule has 0 bridgehead atoms. The van der Waals surface area contributed by atoms with Crippen LogP contribution >= 0.6 is 0 Å². The second-order valence-electron chi connectivity index (χ2n) is 7.42. The third-order valence-corrected chi connectivity index (χ3v) is 5.90. The van der Waals surface area contributed by atoms with Crippen molar-refractivity contribution in [3.63, 3.8) is 0 Å². The zero-order valence-corrected chi connectivity index (χ0v) is 15.1. The molecule has 2 aliphatic heterocycles. The van der Waals surface area contributed by atoms with Crippen molar-refractivity contribution in [2.75, 3.05) is 16.5 Å². The van der Waals surface area contributed by atoms with Crippen molar-refractivity contribution in [2.24, 2.45) is 5.92 Å². The highest BCUT2D eigenvalue weighted by molar-refractivity contribution is 5.74. The summed E-state index contributed by atoms with van der Waals surface area (Å²) in [4.78, 5) is 15.4. The number of aliphatic hydroxyl groups is 1. The minimum atomic E-state index is -0.203. The maximum Gasteiger partial charge on any atom is 0.157 e. The maximum atomic E-state index is 10.2. The fraction of sp³-hybridized carbons (Fsp3) is 0.421. The van der Waals surface area contributed by atoms with Crippen LogP contribution in [-0.4, -0.2) is 43.3 Å². The first-order valence-corrected chi connectivity index (χ1v) is 9.41. The van der Waals surface area contributed by atoms with Gasteiger partial charge in [-0.3, -0.25) is 5.43 Å². The van der Waals surface area contributed by atoms with Gasteiger partial charge in [0.05, 0.1) is 23.8 Å². The quantitative estimate of drug-likeness (QED) is 0.857. The van der Waals surface area contributed by atoms with Crippen LogP contribution in [0.3, 0.4) is 0 Å². The van der Waals surface area contributed by atoms with E-state index in [1.807, 2.05) is 28.0 Å². The summed E-state index contributed by atoms with van der Waals surface area (Å²) in [6.45, 7) is 5.02. The van der Waals surface area contributed by atoms with Crippen molar-refractivity contribution in [3.05, 3.63) is 49.6 Å². The van der Waals surface area contributed by atoms with E-state index in [0.29, 0.717) is 12.0 Å². The molecule has 5 rings (SSSR count). The van der Waals surface area contributed by atoms with Gasteiger partial charge in [-0.25, -0.2) is 20.0 Å². The molecule has 2 aromatic heterocycles.